The summed E-state index contributed by atoms with van der Waals surface area (Å²) in [5.41, 5.74) is 7.41. The number of aliphatic carboxylic acids is 1. The van der Waals surface area contributed by atoms with Gasteiger partial charge in [-0.1, -0.05) is 13.0 Å². The van der Waals surface area contributed by atoms with Gasteiger partial charge < -0.3 is 20.5 Å². The maximum Gasteiger partial charge on any atom is 0.326 e. The summed E-state index contributed by atoms with van der Waals surface area (Å²) >= 11 is 0. The van der Waals surface area contributed by atoms with Gasteiger partial charge in [-0.05, 0) is 24.1 Å². The highest BCUT2D eigenvalue weighted by molar-refractivity contribution is 5.79. The Bertz CT molecular complexity index is 448. The number of ether oxygens (including phenoxy) is 1. The Balaban J connectivity index is 2.35. The van der Waals surface area contributed by atoms with Crippen molar-refractivity contribution in [2.75, 3.05) is 18.1 Å². The fraction of sp³-hybridized carbons (Fsp3) is 0.462. The molecule has 0 aromatic heterocycles. The molecule has 98 valence electrons. The lowest BCUT2D eigenvalue weighted by molar-refractivity contribution is -0.138. The Labute approximate surface area is 106 Å². The van der Waals surface area contributed by atoms with Crippen LogP contribution in [-0.2, 0) is 11.3 Å². The van der Waals surface area contributed by atoms with Crippen LogP contribution in [0.3, 0.4) is 0 Å². The predicted molar refractivity (Wildman–Crippen MR) is 68.9 cm³/mol. The van der Waals surface area contributed by atoms with Crippen molar-refractivity contribution in [2.45, 2.75) is 25.9 Å². The van der Waals surface area contributed by atoms with E-state index in [9.17, 15) is 9.90 Å². The van der Waals surface area contributed by atoms with Crippen LogP contribution in [-0.4, -0.2) is 30.3 Å². The third-order valence-electron chi connectivity index (χ3n) is 3.21. The van der Waals surface area contributed by atoms with Crippen molar-refractivity contribution < 1.29 is 14.6 Å². The Hall–Kier alpha value is -1.75. The second kappa shape index (κ2) is 5.27. The fourth-order valence-electron chi connectivity index (χ4n) is 2.26. The molecule has 1 unspecified atom stereocenters. The van der Waals surface area contributed by atoms with E-state index in [0.717, 1.165) is 17.0 Å². The van der Waals surface area contributed by atoms with E-state index < -0.39 is 12.0 Å². The molecule has 18 heavy (non-hydrogen) atoms. The first kappa shape index (κ1) is 12.7. The standard InChI is InChI=1S/C13H18N2O3/c1-2-10(13(16)17)15-5-6-18-12-7-9(8-14)3-4-11(12)15/h3-4,7,10H,2,5-6,8,14H2,1H3,(H,16,17). The van der Waals surface area contributed by atoms with Crippen molar-refractivity contribution in [2.24, 2.45) is 5.73 Å². The molecule has 3 N–H and O–H groups in total. The first-order valence-electron chi connectivity index (χ1n) is 6.12. The van der Waals surface area contributed by atoms with Gasteiger partial charge in [0.05, 0.1) is 12.2 Å². The molecule has 1 heterocycles. The molecule has 0 radical (unpaired) electrons. The van der Waals surface area contributed by atoms with Crippen LogP contribution >= 0.6 is 0 Å². The van der Waals surface area contributed by atoms with Gasteiger partial charge in [-0.15, -0.1) is 0 Å². The molecule has 0 aliphatic carbocycles. The van der Waals surface area contributed by atoms with Crippen LogP contribution in [0, 0.1) is 0 Å². The number of fused-ring (bicyclic) bond motifs is 1. The van der Waals surface area contributed by atoms with Gasteiger partial charge in [-0.25, -0.2) is 4.79 Å². The van der Waals surface area contributed by atoms with Crippen LogP contribution in [0.4, 0.5) is 5.69 Å². The molecule has 1 atom stereocenters. The third kappa shape index (κ3) is 2.26. The summed E-state index contributed by atoms with van der Waals surface area (Å²) in [5, 5.41) is 9.25. The molecule has 0 saturated carbocycles. The molecule has 0 spiro atoms. The van der Waals surface area contributed by atoms with E-state index in [2.05, 4.69) is 0 Å². The zero-order valence-electron chi connectivity index (χ0n) is 10.4. The Morgan fingerprint density at radius 2 is 2.39 bits per heavy atom. The van der Waals surface area contributed by atoms with Gasteiger partial charge >= 0.3 is 5.97 Å². The Morgan fingerprint density at radius 1 is 1.61 bits per heavy atom. The molecule has 0 bridgehead atoms. The van der Waals surface area contributed by atoms with Crippen LogP contribution in [0.25, 0.3) is 0 Å². The molecule has 1 aliphatic heterocycles. The molecule has 5 heteroatoms. The second-order valence-corrected chi connectivity index (χ2v) is 4.31. The number of rotatable bonds is 4. The SMILES string of the molecule is CCC(C(=O)O)N1CCOc2cc(CN)ccc21. The summed E-state index contributed by atoms with van der Waals surface area (Å²) in [7, 11) is 0. The molecule has 0 amide bonds. The van der Waals surface area contributed by atoms with Crippen molar-refractivity contribution >= 4 is 11.7 Å². The second-order valence-electron chi connectivity index (χ2n) is 4.31. The van der Waals surface area contributed by atoms with Crippen molar-refractivity contribution in [1.82, 2.24) is 0 Å². The lowest BCUT2D eigenvalue weighted by Gasteiger charge is -2.35. The van der Waals surface area contributed by atoms with E-state index >= 15 is 0 Å². The number of hydrogen-bond acceptors (Lipinski definition) is 4. The van der Waals surface area contributed by atoms with Crippen LogP contribution in [0.2, 0.25) is 0 Å². The first-order chi connectivity index (χ1) is 8.67. The van der Waals surface area contributed by atoms with Crippen LogP contribution < -0.4 is 15.4 Å². The topological polar surface area (TPSA) is 75.8 Å². The van der Waals surface area contributed by atoms with Crippen molar-refractivity contribution in [3.8, 4) is 5.75 Å². The predicted octanol–water partition coefficient (Wildman–Crippen LogP) is 1.21. The Kier molecular flexibility index (Phi) is 3.72. The minimum Gasteiger partial charge on any atom is -0.490 e. The summed E-state index contributed by atoms with van der Waals surface area (Å²) < 4.78 is 5.58. The maximum atomic E-state index is 11.3. The van der Waals surface area contributed by atoms with Gasteiger partial charge in [0.1, 0.15) is 18.4 Å². The van der Waals surface area contributed by atoms with E-state index in [1.807, 2.05) is 30.0 Å². The number of benzene rings is 1. The number of carbonyl (C=O) groups is 1. The highest BCUT2D eigenvalue weighted by Gasteiger charge is 2.28. The fourth-order valence-corrected chi connectivity index (χ4v) is 2.26. The van der Waals surface area contributed by atoms with Gasteiger partial charge in [0.15, 0.2) is 0 Å². The summed E-state index contributed by atoms with van der Waals surface area (Å²) in [6.45, 7) is 3.43. The molecular formula is C13H18N2O3. The lowest BCUT2D eigenvalue weighted by atomic mass is 10.1. The third-order valence-corrected chi connectivity index (χ3v) is 3.21. The summed E-state index contributed by atoms with van der Waals surface area (Å²) in [6.07, 6.45) is 0.563. The zero-order valence-corrected chi connectivity index (χ0v) is 10.4. The van der Waals surface area contributed by atoms with Gasteiger partial charge in [-0.2, -0.15) is 0 Å². The van der Waals surface area contributed by atoms with Crippen LogP contribution in [0.15, 0.2) is 18.2 Å². The van der Waals surface area contributed by atoms with E-state index in [1.165, 1.54) is 0 Å². The normalized spacial score (nSPS) is 15.8. The van der Waals surface area contributed by atoms with E-state index in [1.54, 1.807) is 0 Å². The molecule has 1 aromatic rings. The largest absolute Gasteiger partial charge is 0.490 e. The Morgan fingerprint density at radius 3 is 3.00 bits per heavy atom. The molecule has 5 nitrogen and oxygen atoms in total. The molecule has 0 saturated heterocycles. The quantitative estimate of drug-likeness (QED) is 0.840. The molecule has 0 fully saturated rings. The number of hydrogen-bond donors (Lipinski definition) is 2. The van der Waals surface area contributed by atoms with Crippen molar-refractivity contribution in [1.29, 1.82) is 0 Å². The summed E-state index contributed by atoms with van der Waals surface area (Å²) in [5.74, 6) is -0.0721. The van der Waals surface area contributed by atoms with Gasteiger partial charge in [0.25, 0.3) is 0 Å². The summed E-state index contributed by atoms with van der Waals surface area (Å²) in [4.78, 5) is 13.2. The monoisotopic (exact) mass is 250 g/mol. The van der Waals surface area contributed by atoms with Gasteiger partial charge in [0, 0.05) is 6.54 Å². The summed E-state index contributed by atoms with van der Waals surface area (Å²) in [6, 6.07) is 5.18. The van der Waals surface area contributed by atoms with E-state index in [-0.39, 0.29) is 0 Å². The highest BCUT2D eigenvalue weighted by atomic mass is 16.5. The van der Waals surface area contributed by atoms with Crippen molar-refractivity contribution in [3.63, 3.8) is 0 Å². The minimum atomic E-state index is -0.798. The lowest BCUT2D eigenvalue weighted by Crippen LogP contribution is -2.45. The zero-order chi connectivity index (χ0) is 13.1. The highest BCUT2D eigenvalue weighted by Crippen LogP contribution is 2.34. The molecule has 1 aromatic carbocycles. The first-order valence-corrected chi connectivity index (χ1v) is 6.12. The molecule has 1 aliphatic rings. The number of carboxylic acids is 1. The van der Waals surface area contributed by atoms with E-state index in [0.29, 0.717) is 26.1 Å². The number of anilines is 1. The molecular weight excluding hydrogens is 232 g/mol. The average molecular weight is 250 g/mol. The number of carboxylic acid groups (broad SMARTS) is 1. The number of nitrogens with two attached hydrogens (primary N) is 1. The van der Waals surface area contributed by atoms with Crippen LogP contribution in [0.1, 0.15) is 18.9 Å². The van der Waals surface area contributed by atoms with E-state index in [4.69, 9.17) is 10.5 Å². The minimum absolute atomic E-state index is 0.451. The average Bonchev–Trinajstić information content (AvgIpc) is 2.38. The van der Waals surface area contributed by atoms with Gasteiger partial charge in [-0.3, -0.25) is 0 Å². The maximum absolute atomic E-state index is 11.3. The van der Waals surface area contributed by atoms with Gasteiger partial charge in [0.2, 0.25) is 0 Å². The van der Waals surface area contributed by atoms with Crippen LogP contribution in [0.5, 0.6) is 5.75 Å². The molecule has 2 rings (SSSR count). The smallest absolute Gasteiger partial charge is 0.326 e. The van der Waals surface area contributed by atoms with Crippen molar-refractivity contribution in [3.05, 3.63) is 23.8 Å². The number of nitrogens with zero attached hydrogens (tertiary/aromatic N) is 1.